The molecule has 1 aromatic carbocycles. The topological polar surface area (TPSA) is 41.1 Å². The van der Waals surface area contributed by atoms with Crippen LogP contribution >= 0.6 is 0 Å². The summed E-state index contributed by atoms with van der Waals surface area (Å²) in [5.41, 5.74) is 0.836. The second-order valence-electron chi connectivity index (χ2n) is 3.87. The zero-order valence-corrected chi connectivity index (χ0v) is 9.45. The molecule has 2 N–H and O–H groups in total. The third-order valence-electron chi connectivity index (χ3n) is 2.30. The number of hydrogen-bond donors (Lipinski definition) is 2. The van der Waals surface area contributed by atoms with E-state index in [2.05, 4.69) is 10.6 Å². The van der Waals surface area contributed by atoms with E-state index in [-0.39, 0.29) is 17.9 Å². The molecule has 0 aliphatic heterocycles. The molecule has 3 nitrogen and oxygen atoms in total. The molecule has 1 atom stereocenters. The standard InChI is InChI=1S/C12H18N2O/c1-9(2)11(13-3)12(15)14-10-7-5-4-6-8-10/h4-9,11,13H,1-3H3,(H,14,15)/t11-/m1/s1. The van der Waals surface area contributed by atoms with Crippen molar-refractivity contribution < 1.29 is 4.79 Å². The third-order valence-corrected chi connectivity index (χ3v) is 2.30. The van der Waals surface area contributed by atoms with Gasteiger partial charge in [0.05, 0.1) is 6.04 Å². The van der Waals surface area contributed by atoms with Crippen molar-refractivity contribution in [2.45, 2.75) is 19.9 Å². The van der Waals surface area contributed by atoms with E-state index in [1.54, 1.807) is 7.05 Å². The summed E-state index contributed by atoms with van der Waals surface area (Å²) in [6.45, 7) is 4.04. The summed E-state index contributed by atoms with van der Waals surface area (Å²) < 4.78 is 0. The van der Waals surface area contributed by atoms with E-state index in [9.17, 15) is 4.79 Å². The molecule has 0 aliphatic rings. The second-order valence-corrected chi connectivity index (χ2v) is 3.87. The molecule has 0 fully saturated rings. The predicted molar refractivity (Wildman–Crippen MR) is 62.8 cm³/mol. The number of nitrogens with one attached hydrogen (secondary N) is 2. The minimum atomic E-state index is -0.148. The van der Waals surface area contributed by atoms with Crippen molar-refractivity contribution in [3.05, 3.63) is 30.3 Å². The van der Waals surface area contributed by atoms with Crippen molar-refractivity contribution in [1.29, 1.82) is 0 Å². The van der Waals surface area contributed by atoms with Crippen LogP contribution in [0.25, 0.3) is 0 Å². The Kier molecular flexibility index (Phi) is 4.31. The lowest BCUT2D eigenvalue weighted by Crippen LogP contribution is -2.42. The van der Waals surface area contributed by atoms with Gasteiger partial charge in [-0.15, -0.1) is 0 Å². The highest BCUT2D eigenvalue weighted by Crippen LogP contribution is 2.08. The first kappa shape index (κ1) is 11.7. The van der Waals surface area contributed by atoms with E-state index in [1.165, 1.54) is 0 Å². The lowest BCUT2D eigenvalue weighted by molar-refractivity contribution is -0.118. The third kappa shape index (κ3) is 3.36. The molecule has 0 heterocycles. The normalized spacial score (nSPS) is 12.5. The Morgan fingerprint density at radius 2 is 1.80 bits per heavy atom. The van der Waals surface area contributed by atoms with E-state index < -0.39 is 0 Å². The van der Waals surface area contributed by atoms with Gasteiger partial charge in [-0.05, 0) is 25.1 Å². The molecule has 15 heavy (non-hydrogen) atoms. The average molecular weight is 206 g/mol. The highest BCUT2D eigenvalue weighted by Gasteiger charge is 2.19. The Labute approximate surface area is 90.9 Å². The van der Waals surface area contributed by atoms with Gasteiger partial charge in [0.25, 0.3) is 0 Å². The molecular weight excluding hydrogens is 188 g/mol. The van der Waals surface area contributed by atoms with Gasteiger partial charge in [-0.1, -0.05) is 32.0 Å². The molecule has 1 rings (SSSR count). The van der Waals surface area contributed by atoms with Crippen LogP contribution in [0, 0.1) is 5.92 Å². The van der Waals surface area contributed by atoms with Gasteiger partial charge in [0.2, 0.25) is 5.91 Å². The van der Waals surface area contributed by atoms with Crippen LogP contribution in [0.5, 0.6) is 0 Å². The highest BCUT2D eigenvalue weighted by atomic mass is 16.2. The Bertz CT molecular complexity index is 309. The largest absolute Gasteiger partial charge is 0.325 e. The zero-order valence-electron chi connectivity index (χ0n) is 9.45. The monoisotopic (exact) mass is 206 g/mol. The molecule has 0 saturated carbocycles. The Balaban J connectivity index is 2.62. The number of carbonyl (C=O) groups is 1. The first-order valence-electron chi connectivity index (χ1n) is 5.18. The molecule has 82 valence electrons. The van der Waals surface area contributed by atoms with Crippen molar-refractivity contribution in [1.82, 2.24) is 5.32 Å². The van der Waals surface area contributed by atoms with Crippen molar-refractivity contribution >= 4 is 11.6 Å². The minimum absolute atomic E-state index is 0.0127. The van der Waals surface area contributed by atoms with Crippen LogP contribution < -0.4 is 10.6 Å². The van der Waals surface area contributed by atoms with Crippen molar-refractivity contribution in [2.75, 3.05) is 12.4 Å². The number of likely N-dealkylation sites (N-methyl/N-ethyl adjacent to an activating group) is 1. The predicted octanol–water partition coefficient (Wildman–Crippen LogP) is 1.87. The number of carbonyl (C=O) groups excluding carboxylic acids is 1. The quantitative estimate of drug-likeness (QED) is 0.789. The van der Waals surface area contributed by atoms with Crippen LogP contribution in [-0.4, -0.2) is 19.0 Å². The summed E-state index contributed by atoms with van der Waals surface area (Å²) in [6, 6.07) is 9.34. The minimum Gasteiger partial charge on any atom is -0.325 e. The number of benzene rings is 1. The van der Waals surface area contributed by atoms with E-state index in [0.29, 0.717) is 0 Å². The van der Waals surface area contributed by atoms with Gasteiger partial charge in [-0.2, -0.15) is 0 Å². The Hall–Kier alpha value is -1.35. The number of rotatable bonds is 4. The van der Waals surface area contributed by atoms with Crippen molar-refractivity contribution in [3.63, 3.8) is 0 Å². The first-order valence-corrected chi connectivity index (χ1v) is 5.18. The Morgan fingerprint density at radius 3 is 2.27 bits per heavy atom. The van der Waals surface area contributed by atoms with Gasteiger partial charge in [-0.3, -0.25) is 4.79 Å². The van der Waals surface area contributed by atoms with Gasteiger partial charge >= 0.3 is 0 Å². The van der Waals surface area contributed by atoms with Crippen molar-refractivity contribution in [2.24, 2.45) is 5.92 Å². The van der Waals surface area contributed by atoms with E-state index in [1.807, 2.05) is 44.2 Å². The molecule has 0 spiro atoms. The maximum absolute atomic E-state index is 11.8. The van der Waals surface area contributed by atoms with E-state index in [0.717, 1.165) is 5.69 Å². The summed E-state index contributed by atoms with van der Waals surface area (Å²) in [5, 5.41) is 5.88. The number of anilines is 1. The SMILES string of the molecule is CN[C@@H](C(=O)Nc1ccccc1)C(C)C. The fraction of sp³-hybridized carbons (Fsp3) is 0.417. The second kappa shape index (κ2) is 5.51. The summed E-state index contributed by atoms with van der Waals surface area (Å²) in [7, 11) is 1.80. The highest BCUT2D eigenvalue weighted by molar-refractivity contribution is 5.94. The van der Waals surface area contributed by atoms with Gasteiger partial charge in [-0.25, -0.2) is 0 Å². The molecule has 0 bridgehead atoms. The molecule has 1 aromatic rings. The van der Waals surface area contributed by atoms with Crippen molar-refractivity contribution in [3.8, 4) is 0 Å². The maximum atomic E-state index is 11.8. The Morgan fingerprint density at radius 1 is 1.20 bits per heavy atom. The molecule has 0 aromatic heterocycles. The zero-order chi connectivity index (χ0) is 11.3. The van der Waals surface area contributed by atoms with Gasteiger partial charge in [0.1, 0.15) is 0 Å². The summed E-state index contributed by atoms with van der Waals surface area (Å²) in [5.74, 6) is 0.289. The molecular formula is C12H18N2O. The molecule has 0 unspecified atom stereocenters. The van der Waals surface area contributed by atoms with Crippen LogP contribution in [0.15, 0.2) is 30.3 Å². The first-order chi connectivity index (χ1) is 7.15. The smallest absolute Gasteiger partial charge is 0.241 e. The molecule has 0 radical (unpaired) electrons. The summed E-state index contributed by atoms with van der Waals surface area (Å²) in [4.78, 5) is 11.8. The fourth-order valence-electron chi connectivity index (χ4n) is 1.51. The van der Waals surface area contributed by atoms with Crippen LogP contribution in [0.2, 0.25) is 0 Å². The number of para-hydroxylation sites is 1. The van der Waals surface area contributed by atoms with E-state index >= 15 is 0 Å². The number of amides is 1. The van der Waals surface area contributed by atoms with Gasteiger partial charge in [0.15, 0.2) is 0 Å². The van der Waals surface area contributed by atoms with Crippen LogP contribution in [0.4, 0.5) is 5.69 Å². The molecule has 0 aliphatic carbocycles. The van der Waals surface area contributed by atoms with Gasteiger partial charge < -0.3 is 10.6 Å². The summed E-state index contributed by atoms with van der Waals surface area (Å²) in [6.07, 6.45) is 0. The number of hydrogen-bond acceptors (Lipinski definition) is 2. The lowest BCUT2D eigenvalue weighted by Gasteiger charge is -2.19. The molecule has 3 heteroatoms. The maximum Gasteiger partial charge on any atom is 0.241 e. The van der Waals surface area contributed by atoms with E-state index in [4.69, 9.17) is 0 Å². The summed E-state index contributed by atoms with van der Waals surface area (Å²) >= 11 is 0. The fourth-order valence-corrected chi connectivity index (χ4v) is 1.51. The average Bonchev–Trinajstić information content (AvgIpc) is 2.19. The van der Waals surface area contributed by atoms with Gasteiger partial charge in [0, 0.05) is 5.69 Å². The molecule has 0 saturated heterocycles. The van der Waals surface area contributed by atoms with Crippen LogP contribution in [0.3, 0.4) is 0 Å². The van der Waals surface area contributed by atoms with Crippen LogP contribution in [-0.2, 0) is 4.79 Å². The lowest BCUT2D eigenvalue weighted by atomic mass is 10.0. The van der Waals surface area contributed by atoms with Crippen LogP contribution in [0.1, 0.15) is 13.8 Å². The molecule has 1 amide bonds.